The fourth-order valence-electron chi connectivity index (χ4n) is 2.03. The molecule has 0 aliphatic carbocycles. The molecule has 1 N–H and O–H groups in total. The van der Waals surface area contributed by atoms with Gasteiger partial charge in [0.1, 0.15) is 0 Å². The molecule has 0 radical (unpaired) electrons. The van der Waals surface area contributed by atoms with Crippen LogP contribution in [0.3, 0.4) is 0 Å². The fourth-order valence-corrected chi connectivity index (χ4v) is 2.03. The van der Waals surface area contributed by atoms with Gasteiger partial charge in [-0.3, -0.25) is 0 Å². The lowest BCUT2D eigenvalue weighted by molar-refractivity contribution is -0.916. The minimum Gasteiger partial charge on any atom is -0.335 e. The molecule has 3 fully saturated rings. The number of rotatable bonds is 0. The quantitative estimate of drug-likeness (QED) is 0.524. The number of alkyl halides is 1. The van der Waals surface area contributed by atoms with Crippen LogP contribution in [0.5, 0.6) is 0 Å². The van der Waals surface area contributed by atoms with Gasteiger partial charge in [0.25, 0.3) is 0 Å². The highest BCUT2D eigenvalue weighted by Crippen LogP contribution is 2.16. The SMILES string of the molecule is C1C[NH+]2CCC1CC2.CCCl. The molecular weight excluding hydrogens is 158 g/mol. The van der Waals surface area contributed by atoms with Crippen LogP contribution in [0.4, 0.5) is 0 Å². The average Bonchev–Trinajstić information content (AvgIpc) is 2.09. The minimum absolute atomic E-state index is 0.722. The lowest BCUT2D eigenvalue weighted by Crippen LogP contribution is -3.14. The summed E-state index contributed by atoms with van der Waals surface area (Å²) in [6.45, 7) is 6.32. The van der Waals surface area contributed by atoms with E-state index in [2.05, 4.69) is 0 Å². The van der Waals surface area contributed by atoms with E-state index < -0.39 is 0 Å². The largest absolute Gasteiger partial charge is 0.335 e. The first-order chi connectivity index (χ1) is 5.36. The number of fused-ring (bicyclic) bond motifs is 3. The van der Waals surface area contributed by atoms with Crippen LogP contribution >= 0.6 is 11.6 Å². The molecule has 0 atom stereocenters. The van der Waals surface area contributed by atoms with Crippen LogP contribution in [0, 0.1) is 5.92 Å². The van der Waals surface area contributed by atoms with E-state index >= 15 is 0 Å². The molecule has 1 nitrogen and oxygen atoms in total. The normalized spacial score (nSPS) is 34.4. The van der Waals surface area contributed by atoms with E-state index in [9.17, 15) is 0 Å². The van der Waals surface area contributed by atoms with Crippen LogP contribution < -0.4 is 4.90 Å². The van der Waals surface area contributed by atoms with Crippen LogP contribution in [0.15, 0.2) is 0 Å². The monoisotopic (exact) mass is 176 g/mol. The Balaban J connectivity index is 0.000000179. The Hall–Kier alpha value is 0.250. The third kappa shape index (κ3) is 3.00. The second-order valence-corrected chi connectivity index (χ2v) is 4.03. The second kappa shape index (κ2) is 5.00. The van der Waals surface area contributed by atoms with Crippen molar-refractivity contribution in [2.75, 3.05) is 25.5 Å². The summed E-state index contributed by atoms with van der Waals surface area (Å²) in [6, 6.07) is 0. The van der Waals surface area contributed by atoms with E-state index in [1.54, 1.807) is 0 Å². The van der Waals surface area contributed by atoms with E-state index in [1.165, 1.54) is 38.9 Å². The number of piperidine rings is 3. The Morgan fingerprint density at radius 3 is 1.64 bits per heavy atom. The summed E-state index contributed by atoms with van der Waals surface area (Å²) in [6.07, 6.45) is 4.57. The van der Waals surface area contributed by atoms with Gasteiger partial charge in [-0.15, -0.1) is 11.6 Å². The first kappa shape index (κ1) is 9.34. The average molecular weight is 177 g/mol. The Labute approximate surface area is 74.7 Å². The minimum atomic E-state index is 0.722. The zero-order chi connectivity index (χ0) is 8.10. The van der Waals surface area contributed by atoms with Crippen LogP contribution in [-0.2, 0) is 0 Å². The maximum Gasteiger partial charge on any atom is 0.0773 e. The zero-order valence-corrected chi connectivity index (χ0v) is 8.16. The molecule has 0 spiro atoms. The highest BCUT2D eigenvalue weighted by Gasteiger charge is 2.27. The summed E-state index contributed by atoms with van der Waals surface area (Å²) in [7, 11) is 0. The summed E-state index contributed by atoms with van der Waals surface area (Å²) >= 11 is 5.00. The van der Waals surface area contributed by atoms with Crippen molar-refractivity contribution in [3.8, 4) is 0 Å². The van der Waals surface area contributed by atoms with Gasteiger partial charge in [0.2, 0.25) is 0 Å². The molecule has 66 valence electrons. The predicted molar refractivity (Wildman–Crippen MR) is 49.3 cm³/mol. The van der Waals surface area contributed by atoms with Gasteiger partial charge >= 0.3 is 0 Å². The number of nitrogens with one attached hydrogen (secondary N) is 1. The second-order valence-electron chi connectivity index (χ2n) is 3.50. The molecule has 0 aromatic carbocycles. The Morgan fingerprint density at radius 2 is 1.55 bits per heavy atom. The molecule has 3 aliphatic rings. The number of quaternary nitrogens is 1. The first-order valence-corrected chi connectivity index (χ1v) is 5.29. The van der Waals surface area contributed by atoms with E-state index in [0.29, 0.717) is 0 Å². The molecule has 3 saturated heterocycles. The third-order valence-electron chi connectivity index (χ3n) is 2.72. The lowest BCUT2D eigenvalue weighted by Gasteiger charge is -2.35. The van der Waals surface area contributed by atoms with Crippen LogP contribution in [0.1, 0.15) is 26.2 Å². The van der Waals surface area contributed by atoms with E-state index in [1.807, 2.05) is 11.8 Å². The standard InChI is InChI=1S/C7H13N.C2H5Cl/c1-4-8-5-2-7(1)3-6-8;1-2-3/h7H,1-6H2;2H2,1H3/p+1. The van der Waals surface area contributed by atoms with Crippen molar-refractivity contribution in [1.29, 1.82) is 0 Å². The Morgan fingerprint density at radius 1 is 1.18 bits per heavy atom. The predicted octanol–water partition coefficient (Wildman–Crippen LogP) is 0.930. The fraction of sp³-hybridized carbons (Fsp3) is 1.00. The van der Waals surface area contributed by atoms with E-state index in [0.717, 1.165) is 11.8 Å². The molecule has 2 bridgehead atoms. The summed E-state index contributed by atoms with van der Waals surface area (Å²) in [4.78, 5) is 1.87. The molecule has 11 heavy (non-hydrogen) atoms. The maximum atomic E-state index is 5.00. The summed E-state index contributed by atoms with van der Waals surface area (Å²) in [5.41, 5.74) is 0. The third-order valence-corrected chi connectivity index (χ3v) is 2.72. The lowest BCUT2D eigenvalue weighted by atomic mass is 9.89. The van der Waals surface area contributed by atoms with Crippen LogP contribution in [0.25, 0.3) is 0 Å². The van der Waals surface area contributed by atoms with Gasteiger partial charge in [-0.1, -0.05) is 6.92 Å². The molecule has 3 aliphatic heterocycles. The highest BCUT2D eigenvalue weighted by atomic mass is 35.5. The van der Waals surface area contributed by atoms with Crippen molar-refractivity contribution >= 4 is 11.6 Å². The van der Waals surface area contributed by atoms with Crippen molar-refractivity contribution in [3.05, 3.63) is 0 Å². The molecule has 0 unspecified atom stereocenters. The smallest absolute Gasteiger partial charge is 0.0773 e. The van der Waals surface area contributed by atoms with Crippen molar-refractivity contribution in [3.63, 3.8) is 0 Å². The number of hydrogen-bond donors (Lipinski definition) is 1. The molecular formula is C9H19ClN+. The molecule has 0 amide bonds. The van der Waals surface area contributed by atoms with Gasteiger partial charge in [-0.25, -0.2) is 0 Å². The Kier molecular flexibility index (Phi) is 4.24. The first-order valence-electron chi connectivity index (χ1n) is 4.76. The van der Waals surface area contributed by atoms with Crippen LogP contribution in [0.2, 0.25) is 0 Å². The maximum absolute atomic E-state index is 5.00. The summed E-state index contributed by atoms with van der Waals surface area (Å²) in [5, 5.41) is 0. The molecule has 0 aromatic heterocycles. The van der Waals surface area contributed by atoms with E-state index in [4.69, 9.17) is 11.6 Å². The topological polar surface area (TPSA) is 4.44 Å². The molecule has 3 heterocycles. The van der Waals surface area contributed by atoms with Crippen LogP contribution in [-0.4, -0.2) is 25.5 Å². The van der Waals surface area contributed by atoms with E-state index in [-0.39, 0.29) is 0 Å². The van der Waals surface area contributed by atoms with Gasteiger partial charge < -0.3 is 4.90 Å². The van der Waals surface area contributed by atoms with Crippen molar-refractivity contribution in [2.24, 2.45) is 5.92 Å². The summed E-state index contributed by atoms with van der Waals surface area (Å²) in [5.74, 6) is 1.85. The zero-order valence-electron chi connectivity index (χ0n) is 7.41. The molecule has 0 saturated carbocycles. The molecule has 0 aromatic rings. The summed E-state index contributed by atoms with van der Waals surface area (Å²) < 4.78 is 0. The highest BCUT2D eigenvalue weighted by molar-refractivity contribution is 6.17. The van der Waals surface area contributed by atoms with Gasteiger partial charge in [0, 0.05) is 5.88 Å². The molecule has 2 heteroatoms. The number of hydrogen-bond acceptors (Lipinski definition) is 0. The number of halogens is 1. The Bertz CT molecular complexity index is 74.7. The van der Waals surface area contributed by atoms with Gasteiger partial charge in [0.05, 0.1) is 19.6 Å². The van der Waals surface area contributed by atoms with Crippen molar-refractivity contribution < 1.29 is 4.90 Å². The van der Waals surface area contributed by atoms with Crippen molar-refractivity contribution in [1.82, 2.24) is 0 Å². The van der Waals surface area contributed by atoms with Crippen molar-refractivity contribution in [2.45, 2.75) is 26.2 Å². The van der Waals surface area contributed by atoms with Gasteiger partial charge in [-0.05, 0) is 25.2 Å². The van der Waals surface area contributed by atoms with Gasteiger partial charge in [-0.2, -0.15) is 0 Å². The molecule has 3 rings (SSSR count). The van der Waals surface area contributed by atoms with Gasteiger partial charge in [0.15, 0.2) is 0 Å².